The molecule has 7 rings (SSSR count). The summed E-state index contributed by atoms with van der Waals surface area (Å²) in [6.45, 7) is 6.82. The maximum atomic E-state index is 13.1. The second-order valence-electron chi connectivity index (χ2n) is 13.8. The lowest BCUT2D eigenvalue weighted by molar-refractivity contribution is -0.136. The van der Waals surface area contributed by atoms with Crippen LogP contribution >= 0.6 is 0 Å². The molecule has 0 radical (unpaired) electrons. The molecule has 0 saturated carbocycles. The van der Waals surface area contributed by atoms with Gasteiger partial charge in [-0.3, -0.25) is 34.2 Å². The summed E-state index contributed by atoms with van der Waals surface area (Å²) in [7, 11) is 0. The molecule has 0 spiro atoms. The van der Waals surface area contributed by atoms with Gasteiger partial charge in [-0.25, -0.2) is 0 Å². The molecule has 2 fully saturated rings. The molecule has 1 atom stereocenters. The van der Waals surface area contributed by atoms with Gasteiger partial charge in [-0.1, -0.05) is 43.3 Å². The first-order valence-corrected chi connectivity index (χ1v) is 17.8. The van der Waals surface area contributed by atoms with E-state index in [1.807, 2.05) is 36.4 Å². The van der Waals surface area contributed by atoms with Crippen LogP contribution in [0.5, 0.6) is 11.5 Å². The highest BCUT2D eigenvalue weighted by Crippen LogP contribution is 2.34. The number of ether oxygens (including phenoxy) is 2. The zero-order valence-electron chi connectivity index (χ0n) is 29.6. The largest absolute Gasteiger partial charge is 0.494 e. The van der Waals surface area contributed by atoms with E-state index in [0.29, 0.717) is 44.1 Å². The number of carbonyl (C=O) groups excluding carboxylic acids is 5. The van der Waals surface area contributed by atoms with E-state index < -0.39 is 29.7 Å². The number of carbonyl (C=O) groups is 5. The molecule has 14 heteroatoms. The molecular weight excluding hydrogens is 680 g/mol. The van der Waals surface area contributed by atoms with Crippen LogP contribution in [-0.4, -0.2) is 81.8 Å². The molecule has 0 aliphatic carbocycles. The molecule has 14 nitrogen and oxygen atoms in total. The maximum Gasteiger partial charge on any atom is 0.295 e. The third-order valence-corrected chi connectivity index (χ3v) is 9.93. The Kier molecular flexibility index (Phi) is 9.94. The van der Waals surface area contributed by atoms with Crippen LogP contribution in [0, 0.1) is 0 Å². The summed E-state index contributed by atoms with van der Waals surface area (Å²) in [6.07, 6.45) is 2.84. The SMILES string of the molecule is CC(C)(c1ccc(OCCCNc2ccc3c(c2)C(=O)N(C2CCC(=O)NC2=O)C3=O)cc1)c1ccc(OCc2nc(C(=O)N3CCCC3)no2)cc1. The quantitative estimate of drug-likeness (QED) is 0.147. The van der Waals surface area contributed by atoms with E-state index in [2.05, 4.69) is 46.8 Å². The van der Waals surface area contributed by atoms with Crippen LogP contribution in [0.15, 0.2) is 71.3 Å². The number of benzene rings is 3. The van der Waals surface area contributed by atoms with Gasteiger partial charge in [0.25, 0.3) is 29.4 Å². The van der Waals surface area contributed by atoms with Crippen LogP contribution in [-0.2, 0) is 21.6 Å². The normalized spacial score (nSPS) is 17.2. The van der Waals surface area contributed by atoms with Gasteiger partial charge in [0.2, 0.25) is 11.8 Å². The molecular formula is C39H40N6O8. The summed E-state index contributed by atoms with van der Waals surface area (Å²) >= 11 is 0. The number of anilines is 1. The molecule has 2 N–H and O–H groups in total. The number of likely N-dealkylation sites (tertiary alicyclic amines) is 1. The number of aromatic nitrogens is 2. The van der Waals surface area contributed by atoms with Gasteiger partial charge < -0.3 is 24.2 Å². The van der Waals surface area contributed by atoms with Gasteiger partial charge in [0, 0.05) is 37.2 Å². The summed E-state index contributed by atoms with van der Waals surface area (Å²) in [6, 6.07) is 19.8. The Morgan fingerprint density at radius 3 is 2.25 bits per heavy atom. The third kappa shape index (κ3) is 7.48. The molecule has 1 unspecified atom stereocenters. The van der Waals surface area contributed by atoms with Crippen LogP contribution in [0.25, 0.3) is 0 Å². The highest BCUT2D eigenvalue weighted by atomic mass is 16.5. The first-order chi connectivity index (χ1) is 25.6. The van der Waals surface area contributed by atoms with Crippen molar-refractivity contribution in [2.24, 2.45) is 0 Å². The maximum absolute atomic E-state index is 13.1. The average molecular weight is 721 g/mol. The second kappa shape index (κ2) is 14.9. The van der Waals surface area contributed by atoms with Crippen molar-refractivity contribution in [2.45, 2.75) is 64.0 Å². The van der Waals surface area contributed by atoms with E-state index in [1.54, 1.807) is 23.1 Å². The monoisotopic (exact) mass is 720 g/mol. The van der Waals surface area contributed by atoms with Crippen molar-refractivity contribution in [3.05, 3.63) is 101 Å². The Labute approximate surface area is 305 Å². The van der Waals surface area contributed by atoms with E-state index in [-0.39, 0.29) is 53.6 Å². The topological polar surface area (TPSA) is 173 Å². The summed E-state index contributed by atoms with van der Waals surface area (Å²) in [5.41, 5.74) is 3.07. The van der Waals surface area contributed by atoms with E-state index >= 15 is 0 Å². The minimum Gasteiger partial charge on any atom is -0.494 e. The Morgan fingerprint density at radius 2 is 1.57 bits per heavy atom. The highest BCUT2D eigenvalue weighted by Gasteiger charge is 2.44. The van der Waals surface area contributed by atoms with Gasteiger partial charge in [0.15, 0.2) is 6.61 Å². The number of fused-ring (bicyclic) bond motifs is 1. The minimum atomic E-state index is -0.995. The van der Waals surface area contributed by atoms with Crippen molar-refractivity contribution in [1.82, 2.24) is 25.3 Å². The third-order valence-electron chi connectivity index (χ3n) is 9.93. The van der Waals surface area contributed by atoms with Crippen molar-refractivity contribution >= 4 is 35.2 Å². The Bertz CT molecular complexity index is 2040. The van der Waals surface area contributed by atoms with Gasteiger partial charge in [0.05, 0.1) is 17.7 Å². The second-order valence-corrected chi connectivity index (χ2v) is 13.8. The fourth-order valence-corrected chi connectivity index (χ4v) is 6.79. The van der Waals surface area contributed by atoms with Crippen LogP contribution < -0.4 is 20.1 Å². The Hall–Kier alpha value is -6.05. The first kappa shape index (κ1) is 35.4. The number of hydrogen-bond acceptors (Lipinski definition) is 11. The number of rotatable bonds is 13. The van der Waals surface area contributed by atoms with Crippen LogP contribution in [0.4, 0.5) is 5.69 Å². The van der Waals surface area contributed by atoms with Gasteiger partial charge in [-0.15, -0.1) is 0 Å². The van der Waals surface area contributed by atoms with E-state index in [0.717, 1.165) is 34.6 Å². The summed E-state index contributed by atoms with van der Waals surface area (Å²) in [5, 5.41) is 9.29. The minimum absolute atomic E-state index is 0.0603. The smallest absolute Gasteiger partial charge is 0.295 e. The lowest BCUT2D eigenvalue weighted by atomic mass is 9.78. The van der Waals surface area contributed by atoms with Gasteiger partial charge in [0.1, 0.15) is 17.5 Å². The number of piperidine rings is 1. The number of imide groups is 2. The molecule has 3 aliphatic rings. The molecule has 2 saturated heterocycles. The lowest BCUT2D eigenvalue weighted by Crippen LogP contribution is -2.54. The summed E-state index contributed by atoms with van der Waals surface area (Å²) in [4.78, 5) is 69.2. The number of nitrogens with zero attached hydrogens (tertiary/aromatic N) is 4. The number of amides is 5. The molecule has 3 aliphatic heterocycles. The average Bonchev–Trinajstić information content (AvgIpc) is 3.92. The first-order valence-electron chi connectivity index (χ1n) is 17.8. The number of nitrogens with one attached hydrogen (secondary N) is 2. The van der Waals surface area contributed by atoms with Crippen molar-refractivity contribution in [3.63, 3.8) is 0 Å². The predicted octanol–water partition coefficient (Wildman–Crippen LogP) is 4.49. The molecule has 53 heavy (non-hydrogen) atoms. The van der Waals surface area contributed by atoms with Crippen molar-refractivity contribution in [2.75, 3.05) is 31.6 Å². The fraction of sp³-hybridized carbons (Fsp3) is 0.359. The van der Waals surface area contributed by atoms with E-state index in [9.17, 15) is 24.0 Å². The van der Waals surface area contributed by atoms with Gasteiger partial charge in [-0.05, 0) is 79.3 Å². The molecule has 274 valence electrons. The van der Waals surface area contributed by atoms with Crippen molar-refractivity contribution in [3.8, 4) is 11.5 Å². The standard InChI is InChI=1S/C39H40N6O8/c1-39(2,25-8-13-28(14-9-25)52-23-33-42-34(43-53-33)38(50)44-19-3-4-20-44)24-6-11-27(12-7-24)51-21-5-18-40-26-10-15-29-30(22-26)37(49)45(36(29)48)31-16-17-32(46)41-35(31)47/h6-15,22,31,40H,3-5,16-21,23H2,1-2H3,(H,41,46,47). The summed E-state index contributed by atoms with van der Waals surface area (Å²) in [5.74, 6) is -0.634. The van der Waals surface area contributed by atoms with Crippen molar-refractivity contribution in [1.29, 1.82) is 0 Å². The molecule has 4 heterocycles. The zero-order valence-corrected chi connectivity index (χ0v) is 29.6. The van der Waals surface area contributed by atoms with Crippen LogP contribution in [0.1, 0.15) is 94.3 Å². The lowest BCUT2D eigenvalue weighted by Gasteiger charge is -2.27. The molecule has 0 bridgehead atoms. The van der Waals surface area contributed by atoms with E-state index in [1.165, 1.54) is 0 Å². The van der Waals surface area contributed by atoms with Gasteiger partial charge in [-0.2, -0.15) is 4.98 Å². The molecule has 1 aromatic heterocycles. The van der Waals surface area contributed by atoms with Crippen LogP contribution in [0.2, 0.25) is 0 Å². The highest BCUT2D eigenvalue weighted by molar-refractivity contribution is 6.23. The summed E-state index contributed by atoms with van der Waals surface area (Å²) < 4.78 is 17.1. The Morgan fingerprint density at radius 1 is 0.906 bits per heavy atom. The van der Waals surface area contributed by atoms with Crippen LogP contribution in [0.3, 0.4) is 0 Å². The van der Waals surface area contributed by atoms with Crippen molar-refractivity contribution < 1.29 is 38.0 Å². The molecule has 5 amide bonds. The molecule has 3 aromatic carbocycles. The zero-order chi connectivity index (χ0) is 37.1. The molecule has 4 aromatic rings. The van der Waals surface area contributed by atoms with E-state index in [4.69, 9.17) is 14.0 Å². The fourth-order valence-electron chi connectivity index (χ4n) is 6.79. The predicted molar refractivity (Wildman–Crippen MR) is 190 cm³/mol. The van der Waals surface area contributed by atoms with Gasteiger partial charge >= 0.3 is 0 Å². The number of hydrogen-bond donors (Lipinski definition) is 2. The Balaban J connectivity index is 0.857.